The van der Waals surface area contributed by atoms with E-state index in [1.165, 1.54) is 17.0 Å². The largest absolute Gasteiger partial charge is 0.461 e. The fraction of sp³-hybridized carbons (Fsp3) is 0.382. The zero-order valence-corrected chi connectivity index (χ0v) is 25.7. The normalized spacial score (nSPS) is 22.2. The van der Waals surface area contributed by atoms with Crippen LogP contribution in [0.5, 0.6) is 6.01 Å². The maximum absolute atomic E-state index is 16.0. The van der Waals surface area contributed by atoms with Crippen LogP contribution in [-0.4, -0.2) is 94.0 Å². The van der Waals surface area contributed by atoms with Gasteiger partial charge in [-0.25, -0.2) is 33.5 Å². The number of fused-ring (bicyclic) bond motifs is 3. The van der Waals surface area contributed by atoms with Crippen LogP contribution in [0.4, 0.5) is 27.8 Å². The highest BCUT2D eigenvalue weighted by Gasteiger charge is 2.57. The average Bonchev–Trinajstić information content (AvgIpc) is 3.55. The number of hydrogen-bond donors (Lipinski definition) is 0. The van der Waals surface area contributed by atoms with Crippen molar-refractivity contribution in [3.63, 3.8) is 0 Å². The highest BCUT2D eigenvalue weighted by atomic mass is 19.3. The molecule has 2 aromatic heterocycles. The number of ether oxygens (including phenoxy) is 1. The number of hydrogen-bond acceptors (Lipinski definition) is 7. The van der Waals surface area contributed by atoms with Crippen molar-refractivity contribution in [3.8, 4) is 17.3 Å². The molecule has 2 atom stereocenters. The number of carbonyl (C=O) groups is 1. The van der Waals surface area contributed by atoms with E-state index >= 15 is 8.78 Å². The predicted octanol–water partition coefficient (Wildman–Crippen LogP) is 5.80. The van der Waals surface area contributed by atoms with Gasteiger partial charge in [0.1, 0.15) is 35.8 Å². The van der Waals surface area contributed by atoms with Crippen molar-refractivity contribution in [1.29, 1.82) is 0 Å². The lowest BCUT2D eigenvalue weighted by Crippen LogP contribution is -2.56. The number of aromatic nitrogens is 3. The summed E-state index contributed by atoms with van der Waals surface area (Å²) in [6.07, 6.45) is 0.887. The van der Waals surface area contributed by atoms with Crippen LogP contribution < -0.4 is 9.64 Å². The van der Waals surface area contributed by atoms with Crippen molar-refractivity contribution < 1.29 is 31.5 Å². The van der Waals surface area contributed by atoms with Crippen LogP contribution in [0.3, 0.4) is 0 Å². The maximum Gasteiger partial charge on any atom is 0.320 e. The zero-order valence-electron chi connectivity index (χ0n) is 25.7. The molecule has 3 saturated heterocycles. The van der Waals surface area contributed by atoms with Gasteiger partial charge in [0.15, 0.2) is 11.5 Å². The minimum Gasteiger partial charge on any atom is -0.461 e. The summed E-state index contributed by atoms with van der Waals surface area (Å²) in [5.74, 6) is -6.08. The molecule has 4 aromatic rings. The molecule has 0 N–H and O–H groups in total. The maximum atomic E-state index is 16.0. The third-order valence-corrected chi connectivity index (χ3v) is 9.51. The van der Waals surface area contributed by atoms with Crippen molar-refractivity contribution >= 4 is 33.5 Å². The number of benzene rings is 2. The van der Waals surface area contributed by atoms with Crippen LogP contribution in [0.15, 0.2) is 54.9 Å². The van der Waals surface area contributed by atoms with Gasteiger partial charge in [-0.2, -0.15) is 9.97 Å². The van der Waals surface area contributed by atoms with E-state index < -0.39 is 40.9 Å². The van der Waals surface area contributed by atoms with Crippen molar-refractivity contribution in [1.82, 2.24) is 24.8 Å². The molecule has 3 fully saturated rings. The fourth-order valence-electron chi connectivity index (χ4n) is 7.39. The van der Waals surface area contributed by atoms with Gasteiger partial charge in [-0.3, -0.25) is 9.69 Å². The van der Waals surface area contributed by atoms with Gasteiger partial charge in [-0.05, 0) is 36.9 Å². The molecule has 48 heavy (non-hydrogen) atoms. The highest BCUT2D eigenvalue weighted by molar-refractivity contribution is 5.98. The van der Waals surface area contributed by atoms with E-state index in [1.807, 2.05) is 0 Å². The van der Waals surface area contributed by atoms with Crippen LogP contribution in [0, 0.1) is 18.2 Å². The van der Waals surface area contributed by atoms with Gasteiger partial charge in [0, 0.05) is 37.0 Å². The van der Waals surface area contributed by atoms with E-state index in [1.54, 1.807) is 40.1 Å². The summed E-state index contributed by atoms with van der Waals surface area (Å²) in [6, 6.07) is 9.72. The molecule has 7 rings (SSSR count). The summed E-state index contributed by atoms with van der Waals surface area (Å²) in [6.45, 7) is 10.6. The molecule has 3 aliphatic heterocycles. The van der Waals surface area contributed by atoms with Crippen LogP contribution in [0.25, 0.3) is 37.9 Å². The van der Waals surface area contributed by atoms with Crippen LogP contribution in [0.2, 0.25) is 0 Å². The number of alkyl halides is 2. The number of rotatable bonds is 7. The van der Waals surface area contributed by atoms with Crippen LogP contribution >= 0.6 is 0 Å². The zero-order chi connectivity index (χ0) is 33.8. The minimum atomic E-state index is -2.86. The standard InChI is InChI=1S/C34H30F5N7O2/c1-20(35)31(47)46-13-12-44(16-22(46)15-40-2)30-24-14-26(37)28(23-8-3-6-21-7-4-9-25(36)27(21)23)41-29(24)42-32(43-30)48-19-33-10-5-11-45(33)18-34(38,39)17-33/h3-4,6-9,14,22H,1,5,10-13,15-19H2/t22-,33-/m0/s1. The Labute approximate surface area is 272 Å². The molecule has 0 unspecified atom stereocenters. The van der Waals surface area contributed by atoms with Crippen LogP contribution in [-0.2, 0) is 4.79 Å². The summed E-state index contributed by atoms with van der Waals surface area (Å²) in [5.41, 5.74) is -0.843. The Morgan fingerprint density at radius 3 is 2.65 bits per heavy atom. The molecule has 5 heterocycles. The first kappa shape index (κ1) is 31.7. The second kappa shape index (κ2) is 12.0. The third kappa shape index (κ3) is 5.55. The lowest BCUT2D eigenvalue weighted by molar-refractivity contribution is -0.131. The van der Waals surface area contributed by atoms with E-state index in [-0.39, 0.29) is 85.3 Å². The quantitative estimate of drug-likeness (QED) is 0.141. The molecule has 0 bridgehead atoms. The number of halogens is 5. The average molecular weight is 664 g/mol. The summed E-state index contributed by atoms with van der Waals surface area (Å²) in [7, 11) is 0. The molecule has 1 amide bonds. The molecule has 2 aromatic carbocycles. The van der Waals surface area contributed by atoms with Gasteiger partial charge < -0.3 is 19.4 Å². The fourth-order valence-corrected chi connectivity index (χ4v) is 7.39. The molecule has 0 radical (unpaired) electrons. The van der Waals surface area contributed by atoms with E-state index in [2.05, 4.69) is 26.4 Å². The molecule has 248 valence electrons. The smallest absolute Gasteiger partial charge is 0.320 e. The molecule has 14 heteroatoms. The molecule has 0 saturated carbocycles. The number of pyridine rings is 1. The first-order chi connectivity index (χ1) is 23.0. The Kier molecular flexibility index (Phi) is 7.90. The predicted molar refractivity (Wildman–Crippen MR) is 168 cm³/mol. The Morgan fingerprint density at radius 2 is 1.88 bits per heavy atom. The Hall–Kier alpha value is -4.90. The molecule has 9 nitrogen and oxygen atoms in total. The number of piperazine rings is 1. The van der Waals surface area contributed by atoms with Gasteiger partial charge >= 0.3 is 6.01 Å². The van der Waals surface area contributed by atoms with Crippen LogP contribution in [0.1, 0.15) is 19.3 Å². The van der Waals surface area contributed by atoms with E-state index in [0.717, 1.165) is 6.42 Å². The van der Waals surface area contributed by atoms with Gasteiger partial charge in [0.2, 0.25) is 6.54 Å². The topological polar surface area (TPSA) is 79.1 Å². The monoisotopic (exact) mass is 663 g/mol. The van der Waals surface area contributed by atoms with Crippen molar-refractivity contribution in [2.75, 3.05) is 50.8 Å². The van der Waals surface area contributed by atoms with E-state index in [9.17, 15) is 18.0 Å². The van der Waals surface area contributed by atoms with E-state index in [4.69, 9.17) is 11.3 Å². The Balaban J connectivity index is 1.32. The van der Waals surface area contributed by atoms with Crippen molar-refractivity contribution in [2.45, 2.75) is 36.8 Å². The summed E-state index contributed by atoms with van der Waals surface area (Å²) in [4.78, 5) is 34.2. The van der Waals surface area contributed by atoms with Crippen molar-refractivity contribution in [3.05, 3.63) is 77.9 Å². The van der Waals surface area contributed by atoms with Crippen molar-refractivity contribution in [2.24, 2.45) is 0 Å². The number of carbonyl (C=O) groups excluding carboxylic acids is 1. The number of anilines is 1. The second-order valence-electron chi connectivity index (χ2n) is 12.6. The molecular weight excluding hydrogens is 633 g/mol. The summed E-state index contributed by atoms with van der Waals surface area (Å²) in [5, 5.41) is 0.897. The second-order valence-corrected chi connectivity index (χ2v) is 12.6. The lowest BCUT2D eigenvalue weighted by atomic mass is 9.94. The van der Waals surface area contributed by atoms with Gasteiger partial charge in [-0.1, -0.05) is 36.9 Å². The lowest BCUT2D eigenvalue weighted by Gasteiger charge is -2.39. The molecule has 0 aliphatic carbocycles. The Bertz CT molecular complexity index is 2000. The van der Waals surface area contributed by atoms with Gasteiger partial charge in [-0.15, -0.1) is 0 Å². The first-order valence-electron chi connectivity index (χ1n) is 15.5. The van der Waals surface area contributed by atoms with Gasteiger partial charge in [0.25, 0.3) is 11.8 Å². The highest BCUT2D eigenvalue weighted by Crippen LogP contribution is 2.46. The summed E-state index contributed by atoms with van der Waals surface area (Å²) >= 11 is 0. The number of nitrogens with zero attached hydrogens (tertiary/aromatic N) is 7. The SMILES string of the molecule is [C-]#[N+]C[C@H]1CN(c2nc(OC[C@@]34CCCN3CC(F)(F)C4)nc3nc(-c4cccc5cccc(F)c45)c(F)cc23)CCN1C(=O)C(=C)F. The molecule has 3 aliphatic rings. The van der Waals surface area contributed by atoms with Gasteiger partial charge in [0.05, 0.1) is 17.5 Å². The van der Waals surface area contributed by atoms with E-state index in [0.29, 0.717) is 18.4 Å². The Morgan fingerprint density at radius 1 is 1.08 bits per heavy atom. The first-order valence-corrected chi connectivity index (χ1v) is 15.5. The third-order valence-electron chi connectivity index (χ3n) is 9.51. The molecule has 0 spiro atoms. The molecular formula is C34H30F5N7O2. The minimum absolute atomic E-state index is 0.00893. The summed E-state index contributed by atoms with van der Waals surface area (Å²) < 4.78 is 80.0. The number of amides is 1.